The maximum atomic E-state index is 12.2. The van der Waals surface area contributed by atoms with Gasteiger partial charge in [0.05, 0.1) is 6.42 Å². The molecule has 26 heavy (non-hydrogen) atoms. The fourth-order valence-electron chi connectivity index (χ4n) is 2.37. The normalized spacial score (nSPS) is 11.6. The molecule has 0 fully saturated rings. The molecule has 0 saturated carbocycles. The van der Waals surface area contributed by atoms with E-state index in [4.69, 9.17) is 16.2 Å². The zero-order chi connectivity index (χ0) is 19.1. The van der Waals surface area contributed by atoms with Crippen molar-refractivity contribution >= 4 is 23.8 Å². The van der Waals surface area contributed by atoms with Crippen molar-refractivity contribution in [1.82, 2.24) is 15.0 Å². The second-order valence-corrected chi connectivity index (χ2v) is 5.95. The van der Waals surface area contributed by atoms with Crippen LogP contribution in [-0.4, -0.2) is 40.9 Å². The van der Waals surface area contributed by atoms with Crippen LogP contribution in [0.5, 0.6) is 0 Å². The Hall–Kier alpha value is -3.23. The number of anilines is 2. The first-order chi connectivity index (χ1) is 12.3. The van der Waals surface area contributed by atoms with Crippen molar-refractivity contribution in [1.29, 1.82) is 0 Å². The third kappa shape index (κ3) is 5.69. The second kappa shape index (κ2) is 8.75. The van der Waals surface area contributed by atoms with Crippen LogP contribution in [0.3, 0.4) is 0 Å². The molecule has 0 aliphatic heterocycles. The highest BCUT2D eigenvalue weighted by Gasteiger charge is 2.20. The van der Waals surface area contributed by atoms with Gasteiger partial charge in [-0.1, -0.05) is 30.3 Å². The Kier molecular flexibility index (Phi) is 6.42. The predicted octanol–water partition coefficient (Wildman–Crippen LogP) is 0.612. The van der Waals surface area contributed by atoms with Gasteiger partial charge in [0.1, 0.15) is 0 Å². The van der Waals surface area contributed by atoms with Gasteiger partial charge in [-0.05, 0) is 5.56 Å². The van der Waals surface area contributed by atoms with Crippen LogP contribution in [0.25, 0.3) is 0 Å². The maximum Gasteiger partial charge on any atom is 0.306 e. The summed E-state index contributed by atoms with van der Waals surface area (Å²) in [5.74, 6) is -0.634. The highest BCUT2D eigenvalue weighted by molar-refractivity contribution is 5.77. The maximum absolute atomic E-state index is 12.2. The Morgan fingerprint density at radius 3 is 2.42 bits per heavy atom. The van der Waals surface area contributed by atoms with Gasteiger partial charge in [-0.3, -0.25) is 9.59 Å². The van der Waals surface area contributed by atoms with Gasteiger partial charge in [-0.2, -0.15) is 15.0 Å². The van der Waals surface area contributed by atoms with Gasteiger partial charge >= 0.3 is 5.97 Å². The fraction of sp³-hybridized carbons (Fsp3) is 0.353. The molecule has 0 spiro atoms. The minimum atomic E-state index is -0.481. The van der Waals surface area contributed by atoms with Crippen molar-refractivity contribution < 1.29 is 14.3 Å². The number of hydrogen-bond acceptors (Lipinski definition) is 8. The molecule has 0 bridgehead atoms. The Balaban J connectivity index is 2.01. The highest BCUT2D eigenvalue weighted by Crippen LogP contribution is 2.23. The molecule has 0 saturated heterocycles. The van der Waals surface area contributed by atoms with E-state index in [2.05, 4.69) is 15.0 Å². The molecule has 0 radical (unpaired) electrons. The largest absolute Gasteiger partial charge is 0.457 e. The number of benzene rings is 1. The summed E-state index contributed by atoms with van der Waals surface area (Å²) in [5, 5.41) is 0. The number of hydrogen-bond donors (Lipinski definition) is 2. The van der Waals surface area contributed by atoms with Crippen molar-refractivity contribution in [3.8, 4) is 0 Å². The standard InChI is InChI=1S/C17H22N6O3/c1-23(2)17-21-14(20-16(19)22-17)10-26-15(25)9-12(8-13(18)24)11-6-4-3-5-7-11/h3-7,12H,8-10H2,1-2H3,(H2,18,24)(H2,19,20,21,22)/t12-/m1/s1. The first kappa shape index (κ1) is 19.1. The van der Waals surface area contributed by atoms with Crippen molar-refractivity contribution in [3.05, 3.63) is 41.7 Å². The Morgan fingerprint density at radius 2 is 1.81 bits per heavy atom. The molecule has 9 nitrogen and oxygen atoms in total. The summed E-state index contributed by atoms with van der Waals surface area (Å²) < 4.78 is 5.23. The van der Waals surface area contributed by atoms with Crippen LogP contribution in [0.1, 0.15) is 30.1 Å². The smallest absolute Gasteiger partial charge is 0.306 e. The van der Waals surface area contributed by atoms with Crippen molar-refractivity contribution in [2.45, 2.75) is 25.4 Å². The molecule has 1 amide bonds. The van der Waals surface area contributed by atoms with Crippen LogP contribution in [0, 0.1) is 0 Å². The number of ether oxygens (including phenoxy) is 1. The van der Waals surface area contributed by atoms with E-state index < -0.39 is 11.9 Å². The summed E-state index contributed by atoms with van der Waals surface area (Å²) in [4.78, 5) is 37.3. The van der Waals surface area contributed by atoms with Gasteiger partial charge in [0.2, 0.25) is 17.8 Å². The van der Waals surface area contributed by atoms with Crippen molar-refractivity contribution in [3.63, 3.8) is 0 Å². The number of esters is 1. The van der Waals surface area contributed by atoms with Crippen molar-refractivity contribution in [2.75, 3.05) is 24.7 Å². The van der Waals surface area contributed by atoms with Gasteiger partial charge in [0.25, 0.3) is 0 Å². The van der Waals surface area contributed by atoms with Crippen LogP contribution >= 0.6 is 0 Å². The molecule has 9 heteroatoms. The number of aromatic nitrogens is 3. The molecule has 2 rings (SSSR count). The molecule has 4 N–H and O–H groups in total. The summed E-state index contributed by atoms with van der Waals surface area (Å²) in [6.07, 6.45) is 0.0800. The molecule has 1 heterocycles. The van der Waals surface area contributed by atoms with Gasteiger partial charge < -0.3 is 21.1 Å². The second-order valence-electron chi connectivity index (χ2n) is 5.95. The number of carbonyl (C=O) groups excluding carboxylic acids is 2. The summed E-state index contributed by atoms with van der Waals surface area (Å²) in [6, 6.07) is 9.22. The number of nitrogens with zero attached hydrogens (tertiary/aromatic N) is 4. The van der Waals surface area contributed by atoms with Crippen molar-refractivity contribution in [2.24, 2.45) is 5.73 Å². The third-order valence-corrected chi connectivity index (χ3v) is 3.58. The number of rotatable bonds is 8. The third-order valence-electron chi connectivity index (χ3n) is 3.58. The molecule has 1 aromatic heterocycles. The first-order valence-electron chi connectivity index (χ1n) is 8.01. The van der Waals surface area contributed by atoms with Crippen LogP contribution in [-0.2, 0) is 20.9 Å². The summed E-state index contributed by atoms with van der Waals surface area (Å²) in [5.41, 5.74) is 11.8. The lowest BCUT2D eigenvalue weighted by Crippen LogP contribution is -2.19. The summed E-state index contributed by atoms with van der Waals surface area (Å²) in [7, 11) is 3.53. The first-order valence-corrected chi connectivity index (χ1v) is 8.01. The minimum absolute atomic E-state index is 0.0219. The minimum Gasteiger partial charge on any atom is -0.457 e. The zero-order valence-corrected chi connectivity index (χ0v) is 14.8. The zero-order valence-electron chi connectivity index (χ0n) is 14.8. The van der Waals surface area contributed by atoms with E-state index in [0.29, 0.717) is 5.95 Å². The highest BCUT2D eigenvalue weighted by atomic mass is 16.5. The fourth-order valence-corrected chi connectivity index (χ4v) is 2.37. The van der Waals surface area contributed by atoms with Crippen LogP contribution in [0.15, 0.2) is 30.3 Å². The van der Waals surface area contributed by atoms with Gasteiger partial charge in [0, 0.05) is 26.4 Å². The van der Waals surface area contributed by atoms with E-state index in [1.54, 1.807) is 19.0 Å². The molecule has 2 aromatic rings. The number of nitrogen functional groups attached to an aromatic ring is 1. The molecule has 0 unspecified atom stereocenters. The summed E-state index contributed by atoms with van der Waals surface area (Å²) in [6.45, 7) is -0.134. The average molecular weight is 358 g/mol. The van der Waals surface area contributed by atoms with Gasteiger partial charge in [-0.25, -0.2) is 0 Å². The SMILES string of the molecule is CN(C)c1nc(N)nc(COC(=O)C[C@@H](CC(N)=O)c2ccccc2)n1. The average Bonchev–Trinajstić information content (AvgIpc) is 2.59. The molecule has 1 aromatic carbocycles. The quantitative estimate of drug-likeness (QED) is 0.655. The molecule has 0 aliphatic rings. The molecule has 0 aliphatic carbocycles. The number of primary amides is 1. The van der Waals surface area contributed by atoms with E-state index in [1.165, 1.54) is 0 Å². The number of carbonyl (C=O) groups is 2. The van der Waals surface area contributed by atoms with Gasteiger partial charge in [-0.15, -0.1) is 0 Å². The summed E-state index contributed by atoms with van der Waals surface area (Å²) >= 11 is 0. The molecule has 1 atom stereocenters. The van der Waals surface area contributed by atoms with E-state index in [9.17, 15) is 9.59 Å². The molecular weight excluding hydrogens is 336 g/mol. The Bertz CT molecular complexity index is 766. The predicted molar refractivity (Wildman–Crippen MR) is 96.0 cm³/mol. The number of nitrogens with two attached hydrogens (primary N) is 2. The van der Waals surface area contributed by atoms with E-state index in [1.807, 2.05) is 30.3 Å². The van der Waals surface area contributed by atoms with Crippen LogP contribution < -0.4 is 16.4 Å². The number of amides is 1. The van der Waals surface area contributed by atoms with Crippen LogP contribution in [0.2, 0.25) is 0 Å². The Labute approximate surface area is 151 Å². The monoisotopic (exact) mass is 358 g/mol. The van der Waals surface area contributed by atoms with E-state index in [0.717, 1.165) is 5.56 Å². The lowest BCUT2D eigenvalue weighted by Gasteiger charge is -2.15. The van der Waals surface area contributed by atoms with E-state index in [-0.39, 0.29) is 37.1 Å². The molecule has 138 valence electrons. The molecular formula is C17H22N6O3. The van der Waals surface area contributed by atoms with E-state index >= 15 is 0 Å². The lowest BCUT2D eigenvalue weighted by molar-refractivity contribution is -0.145. The van der Waals surface area contributed by atoms with Crippen LogP contribution in [0.4, 0.5) is 11.9 Å². The van der Waals surface area contributed by atoms with Gasteiger partial charge in [0.15, 0.2) is 12.4 Å². The lowest BCUT2D eigenvalue weighted by atomic mass is 9.92. The Morgan fingerprint density at radius 1 is 1.12 bits per heavy atom. The topological polar surface area (TPSA) is 137 Å².